The van der Waals surface area contributed by atoms with Crippen LogP contribution in [0.3, 0.4) is 0 Å². The van der Waals surface area contributed by atoms with E-state index >= 15 is 0 Å². The molecule has 0 saturated carbocycles. The molecule has 0 amide bonds. The second-order valence-electron chi connectivity index (χ2n) is 5.09. The summed E-state index contributed by atoms with van der Waals surface area (Å²) in [7, 11) is 1.57. The Bertz CT molecular complexity index is 1090. The van der Waals surface area contributed by atoms with Crippen LogP contribution < -0.4 is 4.74 Å². The highest BCUT2D eigenvalue weighted by atomic mass is 16.5. The molecule has 0 bridgehead atoms. The van der Waals surface area contributed by atoms with Crippen molar-refractivity contribution in [2.45, 2.75) is 6.92 Å². The van der Waals surface area contributed by atoms with E-state index in [-0.39, 0.29) is 0 Å². The third kappa shape index (κ3) is 1.92. The molecule has 0 saturated heterocycles. The molecule has 0 aliphatic rings. The van der Waals surface area contributed by atoms with Gasteiger partial charge in [0, 0.05) is 11.5 Å². The topological polar surface area (TPSA) is 81.5 Å². The molecule has 0 fully saturated rings. The minimum Gasteiger partial charge on any atom is -0.480 e. The van der Waals surface area contributed by atoms with Gasteiger partial charge in [0.15, 0.2) is 0 Å². The van der Waals surface area contributed by atoms with Gasteiger partial charge in [0.05, 0.1) is 36.7 Å². The molecule has 7 nitrogen and oxygen atoms in total. The summed E-state index contributed by atoms with van der Waals surface area (Å²) in [5, 5.41) is 14.4. The van der Waals surface area contributed by atoms with Crippen molar-refractivity contribution in [2.75, 3.05) is 7.11 Å². The fraction of sp³-hybridized carbons (Fsp3) is 0.125. The Morgan fingerprint density at radius 2 is 2.09 bits per heavy atom. The lowest BCUT2D eigenvalue weighted by molar-refractivity contribution is 0.385. The van der Waals surface area contributed by atoms with Gasteiger partial charge in [0.25, 0.3) is 0 Å². The van der Waals surface area contributed by atoms with Crippen molar-refractivity contribution >= 4 is 21.9 Å². The minimum atomic E-state index is 0.516. The average Bonchev–Trinajstić information content (AvgIpc) is 3.17. The Morgan fingerprint density at radius 1 is 1.22 bits per heavy atom. The van der Waals surface area contributed by atoms with Crippen LogP contribution in [0.25, 0.3) is 21.9 Å². The maximum absolute atomic E-state index is 9.17. The maximum Gasteiger partial charge on any atom is 0.234 e. The van der Waals surface area contributed by atoms with Gasteiger partial charge >= 0.3 is 0 Å². The van der Waals surface area contributed by atoms with Crippen molar-refractivity contribution in [2.24, 2.45) is 0 Å². The quantitative estimate of drug-likeness (QED) is 0.567. The number of methoxy groups -OCH3 is 1. The molecule has 4 aromatic rings. The first-order chi connectivity index (χ1) is 11.2. The number of hydrogen-bond acceptors (Lipinski definition) is 5. The standard InChI is InChI=1S/C16H12N6O/c1-10-19-14-9-18-13-4-3-11(8-17)7-12(13)16(14)22(10)21-6-5-15(20-21)23-2/h3-7,9H,1-2H3. The molecule has 0 atom stereocenters. The van der Waals surface area contributed by atoms with Gasteiger partial charge in [-0.1, -0.05) is 0 Å². The summed E-state index contributed by atoms with van der Waals surface area (Å²) in [6.07, 6.45) is 3.53. The van der Waals surface area contributed by atoms with E-state index in [4.69, 9.17) is 10.00 Å². The zero-order valence-corrected chi connectivity index (χ0v) is 12.6. The molecule has 3 heterocycles. The second kappa shape index (κ2) is 4.81. The summed E-state index contributed by atoms with van der Waals surface area (Å²) in [6.45, 7) is 1.90. The van der Waals surface area contributed by atoms with Gasteiger partial charge in [-0.2, -0.15) is 10.1 Å². The lowest BCUT2D eigenvalue weighted by Gasteiger charge is -2.08. The summed E-state index contributed by atoms with van der Waals surface area (Å²) in [4.78, 5) is 10.6. The molecular formula is C16H12N6O. The second-order valence-corrected chi connectivity index (χ2v) is 5.09. The van der Waals surface area contributed by atoms with Crippen molar-refractivity contribution in [1.82, 2.24) is 24.5 Å². The van der Waals surface area contributed by atoms with Crippen molar-refractivity contribution in [1.29, 1.82) is 5.26 Å². The predicted octanol–water partition coefficient (Wildman–Crippen LogP) is 2.28. The van der Waals surface area contributed by atoms with Crippen molar-refractivity contribution in [3.8, 4) is 11.9 Å². The van der Waals surface area contributed by atoms with E-state index in [0.717, 1.165) is 27.8 Å². The Kier molecular flexibility index (Phi) is 2.78. The SMILES string of the molecule is COc1ccn(-n2c(C)nc3cnc4ccc(C#N)cc4c32)n1. The number of nitriles is 1. The number of pyridine rings is 1. The monoisotopic (exact) mass is 304 g/mol. The number of fused-ring (bicyclic) bond motifs is 3. The van der Waals surface area contributed by atoms with E-state index in [1.807, 2.05) is 23.7 Å². The molecule has 0 spiro atoms. The van der Waals surface area contributed by atoms with E-state index in [9.17, 15) is 0 Å². The van der Waals surface area contributed by atoms with Crippen LogP contribution >= 0.6 is 0 Å². The molecule has 0 aliphatic carbocycles. The Labute approximate surface area is 131 Å². The Hall–Kier alpha value is -3.40. The number of nitrogens with zero attached hydrogens (tertiary/aromatic N) is 6. The highest BCUT2D eigenvalue weighted by Crippen LogP contribution is 2.25. The van der Waals surface area contributed by atoms with Crippen LogP contribution in [0.15, 0.2) is 36.7 Å². The predicted molar refractivity (Wildman–Crippen MR) is 84.1 cm³/mol. The Balaban J connectivity index is 2.12. The number of hydrogen-bond donors (Lipinski definition) is 0. The van der Waals surface area contributed by atoms with Crippen LogP contribution in [0.4, 0.5) is 0 Å². The van der Waals surface area contributed by atoms with Gasteiger partial charge in [0.2, 0.25) is 5.88 Å². The van der Waals surface area contributed by atoms with Crippen LogP contribution in [0.1, 0.15) is 11.4 Å². The van der Waals surface area contributed by atoms with E-state index in [1.54, 1.807) is 36.4 Å². The molecule has 0 radical (unpaired) electrons. The maximum atomic E-state index is 9.17. The minimum absolute atomic E-state index is 0.516. The van der Waals surface area contributed by atoms with Gasteiger partial charge < -0.3 is 4.74 Å². The van der Waals surface area contributed by atoms with Gasteiger partial charge in [-0.25, -0.2) is 9.66 Å². The summed E-state index contributed by atoms with van der Waals surface area (Å²) in [6, 6.07) is 9.35. The summed E-state index contributed by atoms with van der Waals surface area (Å²) >= 11 is 0. The number of aryl methyl sites for hydroxylation is 1. The van der Waals surface area contributed by atoms with E-state index in [1.165, 1.54) is 0 Å². The summed E-state index contributed by atoms with van der Waals surface area (Å²) in [5.41, 5.74) is 2.99. The van der Waals surface area contributed by atoms with Crippen LogP contribution in [0, 0.1) is 18.3 Å². The van der Waals surface area contributed by atoms with Gasteiger partial charge in [-0.05, 0) is 25.1 Å². The van der Waals surface area contributed by atoms with Crippen molar-refractivity contribution < 1.29 is 4.74 Å². The molecular weight excluding hydrogens is 292 g/mol. The fourth-order valence-corrected chi connectivity index (χ4v) is 2.69. The van der Waals surface area contributed by atoms with Crippen LogP contribution in [-0.2, 0) is 0 Å². The van der Waals surface area contributed by atoms with Gasteiger partial charge in [-0.15, -0.1) is 5.10 Å². The van der Waals surface area contributed by atoms with Crippen LogP contribution in [-0.4, -0.2) is 31.6 Å². The highest BCUT2D eigenvalue weighted by molar-refractivity contribution is 6.02. The smallest absolute Gasteiger partial charge is 0.234 e. The largest absolute Gasteiger partial charge is 0.480 e. The lowest BCUT2D eigenvalue weighted by atomic mass is 10.1. The number of benzene rings is 1. The third-order valence-corrected chi connectivity index (χ3v) is 3.72. The first-order valence-corrected chi connectivity index (χ1v) is 6.99. The number of rotatable bonds is 2. The molecule has 3 aromatic heterocycles. The molecule has 1 aromatic carbocycles. The lowest BCUT2D eigenvalue weighted by Crippen LogP contribution is -2.11. The van der Waals surface area contributed by atoms with Crippen LogP contribution in [0.2, 0.25) is 0 Å². The van der Waals surface area contributed by atoms with Crippen molar-refractivity contribution in [3.05, 3.63) is 48.0 Å². The molecule has 0 N–H and O–H groups in total. The molecule has 112 valence electrons. The zero-order valence-electron chi connectivity index (χ0n) is 12.6. The summed E-state index contributed by atoms with van der Waals surface area (Å²) in [5.74, 6) is 1.28. The van der Waals surface area contributed by atoms with Crippen LogP contribution in [0.5, 0.6) is 5.88 Å². The number of aromatic nitrogens is 5. The molecule has 0 aliphatic heterocycles. The Morgan fingerprint density at radius 3 is 2.83 bits per heavy atom. The zero-order chi connectivity index (χ0) is 16.0. The molecule has 4 rings (SSSR count). The molecule has 23 heavy (non-hydrogen) atoms. The van der Waals surface area contributed by atoms with E-state index in [0.29, 0.717) is 11.4 Å². The third-order valence-electron chi connectivity index (χ3n) is 3.72. The van der Waals surface area contributed by atoms with Crippen molar-refractivity contribution in [3.63, 3.8) is 0 Å². The normalized spacial score (nSPS) is 11.0. The van der Waals surface area contributed by atoms with E-state index < -0.39 is 0 Å². The summed E-state index contributed by atoms with van der Waals surface area (Å²) < 4.78 is 7.03. The first kappa shape index (κ1) is 13.3. The van der Waals surface area contributed by atoms with Gasteiger partial charge in [-0.3, -0.25) is 4.98 Å². The number of ether oxygens (including phenoxy) is 1. The fourth-order valence-electron chi connectivity index (χ4n) is 2.69. The average molecular weight is 304 g/mol. The first-order valence-electron chi connectivity index (χ1n) is 6.99. The van der Waals surface area contributed by atoms with E-state index in [2.05, 4.69) is 21.1 Å². The number of imidazole rings is 1. The molecule has 7 heteroatoms. The molecule has 0 unspecified atom stereocenters. The van der Waals surface area contributed by atoms with Gasteiger partial charge in [0.1, 0.15) is 16.9 Å². The highest BCUT2D eigenvalue weighted by Gasteiger charge is 2.14.